The van der Waals surface area contributed by atoms with Crippen LogP contribution in [0.15, 0.2) is 164 Å². The Morgan fingerprint density at radius 2 is 0.347 bits per heavy atom. The molecule has 6 heterocycles. The van der Waals surface area contributed by atoms with E-state index >= 15 is 0 Å². The maximum Gasteiger partial charge on any atom is 0.266 e. The fourth-order valence-corrected chi connectivity index (χ4v) is 22.6. The quantitative estimate of drug-likeness (QED) is 0.0220. The number of aryl methyl sites for hydroxylation is 6. The van der Waals surface area contributed by atoms with Crippen molar-refractivity contribution in [2.45, 2.75) is 350 Å². The summed E-state index contributed by atoms with van der Waals surface area (Å²) in [6.07, 6.45) is 30.2. The number of hydroxylamine groups is 6. The monoisotopic (exact) mass is 1950 g/mol. The van der Waals surface area contributed by atoms with E-state index in [2.05, 4.69) is 167 Å². The third-order valence-corrected chi connectivity index (χ3v) is 31.2. The molecule has 15 heteroatoms. The van der Waals surface area contributed by atoms with Crippen LogP contribution in [0.5, 0.6) is 0 Å². The van der Waals surface area contributed by atoms with Crippen molar-refractivity contribution < 1.29 is 44.4 Å². The minimum absolute atomic E-state index is 0.294. The molecule has 3 radical (unpaired) electrons. The van der Waals surface area contributed by atoms with E-state index in [9.17, 15) is 44.4 Å². The van der Waals surface area contributed by atoms with Gasteiger partial charge in [0.15, 0.2) is 0 Å². The highest BCUT2D eigenvalue weighted by atomic mass is 16.5. The first kappa shape index (κ1) is 107. The van der Waals surface area contributed by atoms with Crippen LogP contribution in [0.4, 0.5) is 17.1 Å². The summed E-state index contributed by atoms with van der Waals surface area (Å²) in [5, 5.41) is 43.9. The van der Waals surface area contributed by atoms with Crippen LogP contribution in [0.2, 0.25) is 0 Å². The first-order valence-electron chi connectivity index (χ1n) is 54.1. The smallest absolute Gasteiger partial charge is 0.266 e. The summed E-state index contributed by atoms with van der Waals surface area (Å²) >= 11 is 0. The molecule has 0 aromatic heterocycles. The van der Waals surface area contributed by atoms with Crippen molar-refractivity contribution in [1.29, 1.82) is 0 Å². The average molecular weight is 1960 g/mol. The number of hydrogen-bond acceptors (Lipinski definition) is 9. The molecule has 0 N–H and O–H groups in total. The zero-order valence-electron chi connectivity index (χ0n) is 89.7. The Bertz CT molecular complexity index is 6390. The Kier molecular flexibility index (Phi) is 32.5. The molecule has 0 bridgehead atoms. The maximum absolute atomic E-state index is 14.3. The number of imide groups is 3. The van der Waals surface area contributed by atoms with Gasteiger partial charge >= 0.3 is 0 Å². The Morgan fingerprint density at radius 1 is 0.190 bits per heavy atom. The molecule has 147 heavy (non-hydrogen) atoms. The summed E-state index contributed by atoms with van der Waals surface area (Å²) in [7, 11) is 0. The van der Waals surface area contributed by atoms with Crippen LogP contribution in [0.3, 0.4) is 0 Å². The summed E-state index contributed by atoms with van der Waals surface area (Å²) < 4.78 is 0. The molecule has 753 valence electrons. The molecule has 0 atom stereocenters. The van der Waals surface area contributed by atoms with Gasteiger partial charge in [-0.15, -0.1) is 30.8 Å². The van der Waals surface area contributed by atoms with E-state index in [0.29, 0.717) is 50.4 Å². The minimum Gasteiger partial charge on any atom is -0.268 e. The number of fused-ring (bicyclic) bond motifs is 6. The Labute approximate surface area is 873 Å². The third-order valence-electron chi connectivity index (χ3n) is 31.2. The van der Waals surface area contributed by atoms with Crippen molar-refractivity contribution in [1.82, 2.24) is 15.2 Å². The lowest BCUT2D eigenvalue weighted by Crippen LogP contribution is -2.41. The number of unbranched alkanes of at least 4 members (excludes halogenated alkanes) is 18. The van der Waals surface area contributed by atoms with Gasteiger partial charge in [0, 0.05) is 66.8 Å². The highest BCUT2D eigenvalue weighted by molar-refractivity contribution is 6.36. The number of rotatable bonds is 33. The standard InChI is InChI=1S/C132H141N6O9/c1-19-25-31-37-43-94-79-103(97(46-40-34-28-22-4)76-100(94)61-49-88-55-67-106(68-56-88)133-121(139)109-82-115-116(83-110(109)122(133)140)128(9,10)136(145)127(115,7)8)64-52-91-73-92(53-65-104-80-95(44-38-32-26-20-2)101(77-98(104)47-41-35-29-23-5)62-50-89-57-69-107(70-58-89)134-123(141)111-84-117-118(85-112(111)124(134)142)130(13,14)137(146)129(117,11)12)75-93(74-91)54-66-105-81-96(45-39-33-27-21-3)102(78-99(105)48-42-36-30-24-6)63-51-90-59-71-108(72-60-90)135-125(143)113-86-119-120(87-114(113)126(135)144)132(17,18)138(147)131(119,15)16/h55-60,67-87H,19-48H2,1-18H3. The summed E-state index contributed by atoms with van der Waals surface area (Å²) in [5.74, 6) is 41.5. The van der Waals surface area contributed by atoms with Crippen LogP contribution in [-0.4, -0.2) is 50.6 Å². The lowest BCUT2D eigenvalue weighted by Gasteiger charge is -2.32. The van der Waals surface area contributed by atoms with E-state index in [1.54, 1.807) is 72.8 Å². The molecule has 10 aromatic rings. The second-order valence-corrected chi connectivity index (χ2v) is 44.2. The Hall–Kier alpha value is -13.3. The van der Waals surface area contributed by atoms with Crippen molar-refractivity contribution in [3.8, 4) is 71.0 Å². The Balaban J connectivity index is 0.777. The molecule has 6 aliphatic rings. The topological polar surface area (TPSA) is 182 Å². The van der Waals surface area contributed by atoms with Crippen molar-refractivity contribution >= 4 is 52.5 Å². The molecule has 6 amide bonds. The van der Waals surface area contributed by atoms with Crippen molar-refractivity contribution in [2.24, 2.45) is 0 Å². The van der Waals surface area contributed by atoms with E-state index < -0.39 is 68.7 Å². The number of hydrogen-bond donors (Lipinski definition) is 0. The number of carbonyl (C=O) groups excluding carboxylic acids is 6. The fraction of sp³-hybridized carbons (Fsp3) is 0.409. The first-order chi connectivity index (χ1) is 70.4. The first-order valence-corrected chi connectivity index (χ1v) is 54.1. The average Bonchev–Trinajstić information content (AvgIpc) is 1.56. The molecular weight excluding hydrogens is 1810 g/mol. The SMILES string of the molecule is CCCCCCc1cc(C#Cc2cc(C#Cc3cc(CCCCCC)c(C#Cc4ccc(N5C(=O)c6cc7c(cc6C5=O)C(C)(C)N([O])C7(C)C)cc4)cc3CCCCCC)cc(C#Cc3cc(CCCCCC)c(C#Cc4ccc(N5C(=O)c6cc7c(cc6C5=O)C(C)(C)N([O])C7(C)C)cc4)cc3CCCCCC)c2)c(CCCCCC)cc1C#Cc1ccc(N2C(=O)c3cc4c(cc3C2=O)C(C)(C)N([O])C4(C)C)cc1. The number of carbonyl (C=O) groups is 6. The summed E-state index contributed by atoms with van der Waals surface area (Å²) in [6, 6.07) is 52.5. The molecule has 0 saturated heterocycles. The second-order valence-electron chi connectivity index (χ2n) is 44.2. The molecule has 6 aliphatic heterocycles. The van der Waals surface area contributed by atoms with Gasteiger partial charge in [0.1, 0.15) is 0 Å². The van der Waals surface area contributed by atoms with Crippen LogP contribution in [0.1, 0.15) is 474 Å². The van der Waals surface area contributed by atoms with Crippen LogP contribution < -0.4 is 14.7 Å². The largest absolute Gasteiger partial charge is 0.268 e. The van der Waals surface area contributed by atoms with Gasteiger partial charge in [0.2, 0.25) is 0 Å². The molecule has 16 rings (SSSR count). The predicted octanol–water partition coefficient (Wildman–Crippen LogP) is 28.6. The van der Waals surface area contributed by atoms with E-state index in [1.807, 2.05) is 119 Å². The molecule has 0 spiro atoms. The predicted molar refractivity (Wildman–Crippen MR) is 587 cm³/mol. The molecule has 0 saturated carbocycles. The molecule has 15 nitrogen and oxygen atoms in total. The van der Waals surface area contributed by atoms with Crippen molar-refractivity contribution in [3.05, 3.63) is 331 Å². The number of benzene rings is 10. The van der Waals surface area contributed by atoms with Gasteiger partial charge in [-0.25, -0.2) is 14.7 Å². The summed E-state index contributed by atoms with van der Waals surface area (Å²) in [4.78, 5) is 89.6. The normalized spacial score (nSPS) is 16.0. The fourth-order valence-electron chi connectivity index (χ4n) is 22.6. The minimum atomic E-state index is -0.891. The molecule has 0 aliphatic carbocycles. The zero-order valence-corrected chi connectivity index (χ0v) is 89.7. The van der Waals surface area contributed by atoms with Crippen LogP contribution in [0.25, 0.3) is 0 Å². The Morgan fingerprint density at radius 3 is 0.503 bits per heavy atom. The van der Waals surface area contributed by atoms with Gasteiger partial charge < -0.3 is 0 Å². The van der Waals surface area contributed by atoms with Gasteiger partial charge in [-0.05, 0) is 391 Å². The third kappa shape index (κ3) is 21.8. The summed E-state index contributed by atoms with van der Waals surface area (Å²) in [6.45, 7) is 35.7. The maximum atomic E-state index is 14.3. The highest BCUT2D eigenvalue weighted by Crippen LogP contribution is 2.54. The lowest BCUT2D eigenvalue weighted by atomic mass is 9.87. The number of nitrogens with zero attached hydrogens (tertiary/aromatic N) is 6. The van der Waals surface area contributed by atoms with Gasteiger partial charge in [-0.2, -0.15) is 0 Å². The van der Waals surface area contributed by atoms with E-state index in [0.717, 1.165) is 341 Å². The van der Waals surface area contributed by atoms with Crippen molar-refractivity contribution in [3.63, 3.8) is 0 Å². The van der Waals surface area contributed by atoms with Gasteiger partial charge in [-0.1, -0.05) is 228 Å². The number of amides is 6. The second kappa shape index (κ2) is 44.8. The molecule has 0 fully saturated rings. The molecule has 0 unspecified atom stereocenters. The van der Waals surface area contributed by atoms with Gasteiger partial charge in [0.05, 0.1) is 83.7 Å². The van der Waals surface area contributed by atoms with Crippen LogP contribution in [-0.2, 0) is 87.4 Å². The van der Waals surface area contributed by atoms with Crippen LogP contribution >= 0.6 is 0 Å². The number of anilines is 3. The van der Waals surface area contributed by atoms with Gasteiger partial charge in [0.25, 0.3) is 35.4 Å². The van der Waals surface area contributed by atoms with E-state index in [4.69, 9.17) is 0 Å². The van der Waals surface area contributed by atoms with Crippen LogP contribution in [0, 0.1) is 71.0 Å². The molecule has 10 aromatic carbocycles. The van der Waals surface area contributed by atoms with E-state index in [-0.39, 0.29) is 0 Å². The van der Waals surface area contributed by atoms with Crippen molar-refractivity contribution in [2.75, 3.05) is 14.7 Å². The summed E-state index contributed by atoms with van der Waals surface area (Å²) in [5.41, 5.74) is 19.2. The zero-order chi connectivity index (χ0) is 105. The highest BCUT2D eigenvalue weighted by Gasteiger charge is 2.56. The lowest BCUT2D eigenvalue weighted by molar-refractivity contribution is -0.266. The molecular formula is C132H141N6O9. The van der Waals surface area contributed by atoms with Gasteiger partial charge in [-0.3, -0.25) is 28.8 Å². The van der Waals surface area contributed by atoms with E-state index in [1.165, 1.54) is 14.7 Å².